The van der Waals surface area contributed by atoms with Crippen LogP contribution in [0.15, 0.2) is 48.7 Å². The van der Waals surface area contributed by atoms with Gasteiger partial charge in [0.15, 0.2) is 0 Å². The van der Waals surface area contributed by atoms with Gasteiger partial charge in [-0.25, -0.2) is 4.98 Å². The Balaban J connectivity index is 1.62. The molecule has 0 atom stereocenters. The average molecular weight is 378 g/mol. The molecule has 0 unspecified atom stereocenters. The summed E-state index contributed by atoms with van der Waals surface area (Å²) >= 11 is 1.48. The Morgan fingerprint density at radius 2 is 2.00 bits per heavy atom. The van der Waals surface area contributed by atoms with Crippen molar-refractivity contribution in [2.24, 2.45) is 0 Å². The maximum absolute atomic E-state index is 10.9. The molecular formula is C19H14N4O3S. The number of rotatable bonds is 5. The van der Waals surface area contributed by atoms with E-state index in [0.717, 1.165) is 32.3 Å². The summed E-state index contributed by atoms with van der Waals surface area (Å²) in [6, 6.07) is 12.4. The Labute approximate surface area is 158 Å². The molecule has 0 amide bonds. The zero-order valence-corrected chi connectivity index (χ0v) is 15.1. The fourth-order valence-corrected chi connectivity index (χ4v) is 3.54. The van der Waals surface area contributed by atoms with Crippen LogP contribution in [0.25, 0.3) is 33.6 Å². The van der Waals surface area contributed by atoms with Crippen LogP contribution in [0.1, 0.15) is 10.6 Å². The lowest BCUT2D eigenvalue weighted by Gasteiger charge is -2.02. The number of nitro groups is 1. The van der Waals surface area contributed by atoms with Crippen molar-refractivity contribution >= 4 is 39.4 Å². The molecule has 134 valence electrons. The van der Waals surface area contributed by atoms with Gasteiger partial charge in [0.05, 0.1) is 34.1 Å². The Kier molecular flexibility index (Phi) is 4.39. The number of hydrogen-bond donors (Lipinski definition) is 1. The first-order valence-electron chi connectivity index (χ1n) is 8.05. The van der Waals surface area contributed by atoms with Crippen molar-refractivity contribution in [3.05, 3.63) is 69.3 Å². The topological polar surface area (TPSA) is 93.9 Å². The van der Waals surface area contributed by atoms with E-state index in [2.05, 4.69) is 15.2 Å². The predicted molar refractivity (Wildman–Crippen MR) is 106 cm³/mol. The third kappa shape index (κ3) is 3.42. The molecule has 7 nitrogen and oxygen atoms in total. The highest BCUT2D eigenvalue weighted by atomic mass is 32.1. The van der Waals surface area contributed by atoms with Crippen molar-refractivity contribution in [2.75, 3.05) is 7.11 Å². The molecule has 4 rings (SSSR count). The SMILES string of the molecule is COc1ccc(-c2[nH]ncc2/C=C\c2nc3cc([N+](=O)[O-])ccc3s2)cc1. The third-order valence-corrected chi connectivity index (χ3v) is 5.05. The van der Waals surface area contributed by atoms with Gasteiger partial charge in [0.1, 0.15) is 10.8 Å². The second-order valence-corrected chi connectivity index (χ2v) is 6.79. The van der Waals surface area contributed by atoms with Gasteiger partial charge in [0.25, 0.3) is 5.69 Å². The van der Waals surface area contributed by atoms with Crippen LogP contribution in [-0.2, 0) is 0 Å². The normalized spacial score (nSPS) is 11.3. The van der Waals surface area contributed by atoms with Crippen LogP contribution in [0.3, 0.4) is 0 Å². The van der Waals surface area contributed by atoms with E-state index in [0.29, 0.717) is 5.52 Å². The van der Waals surface area contributed by atoms with Gasteiger partial charge in [-0.3, -0.25) is 15.2 Å². The van der Waals surface area contributed by atoms with Crippen LogP contribution < -0.4 is 4.74 Å². The van der Waals surface area contributed by atoms with Crippen molar-refractivity contribution in [1.82, 2.24) is 15.2 Å². The molecule has 0 fully saturated rings. The van der Waals surface area contributed by atoms with Gasteiger partial charge in [-0.2, -0.15) is 5.10 Å². The molecule has 2 aromatic heterocycles. The van der Waals surface area contributed by atoms with Gasteiger partial charge in [0.2, 0.25) is 0 Å². The summed E-state index contributed by atoms with van der Waals surface area (Å²) < 4.78 is 6.09. The standard InChI is InChI=1S/C19H14N4O3S/c1-26-15-6-2-12(3-7-15)19-13(11-20-22-19)4-9-18-21-16-10-14(23(24)25)5-8-17(16)27-18/h2-11H,1H3,(H,20,22)/b9-4-. The zero-order chi connectivity index (χ0) is 18.8. The number of hydrogen-bond acceptors (Lipinski definition) is 6. The number of methoxy groups -OCH3 is 1. The maximum Gasteiger partial charge on any atom is 0.271 e. The van der Waals surface area contributed by atoms with Crippen molar-refractivity contribution in [3.8, 4) is 17.0 Å². The quantitative estimate of drug-likeness (QED) is 0.399. The molecule has 4 aromatic rings. The molecule has 8 heteroatoms. The van der Waals surface area contributed by atoms with E-state index >= 15 is 0 Å². The first-order chi connectivity index (χ1) is 13.1. The van der Waals surface area contributed by atoms with E-state index in [1.165, 1.54) is 23.5 Å². The molecule has 2 aromatic carbocycles. The van der Waals surface area contributed by atoms with Crippen molar-refractivity contribution < 1.29 is 9.66 Å². The predicted octanol–water partition coefficient (Wildman–Crippen LogP) is 4.77. The van der Waals surface area contributed by atoms with Gasteiger partial charge in [-0.1, -0.05) is 0 Å². The lowest BCUT2D eigenvalue weighted by Crippen LogP contribution is -1.86. The fourth-order valence-electron chi connectivity index (χ4n) is 2.69. The first-order valence-corrected chi connectivity index (χ1v) is 8.86. The van der Waals surface area contributed by atoms with Crippen LogP contribution in [-0.4, -0.2) is 27.2 Å². The van der Waals surface area contributed by atoms with Crippen LogP contribution in [0.2, 0.25) is 0 Å². The van der Waals surface area contributed by atoms with Crippen LogP contribution in [0.4, 0.5) is 5.69 Å². The lowest BCUT2D eigenvalue weighted by atomic mass is 10.1. The summed E-state index contributed by atoms with van der Waals surface area (Å²) in [4.78, 5) is 14.9. The van der Waals surface area contributed by atoms with Crippen molar-refractivity contribution in [2.45, 2.75) is 0 Å². The monoisotopic (exact) mass is 378 g/mol. The van der Waals surface area contributed by atoms with E-state index < -0.39 is 4.92 Å². The number of H-pyrrole nitrogens is 1. The third-order valence-electron chi connectivity index (χ3n) is 4.05. The highest BCUT2D eigenvalue weighted by Crippen LogP contribution is 2.28. The van der Waals surface area contributed by atoms with Gasteiger partial charge >= 0.3 is 0 Å². The maximum atomic E-state index is 10.9. The van der Waals surface area contributed by atoms with Crippen LogP contribution in [0, 0.1) is 10.1 Å². The molecule has 0 radical (unpaired) electrons. The Bertz CT molecular complexity index is 1150. The number of fused-ring (bicyclic) bond motifs is 1. The molecule has 2 heterocycles. The zero-order valence-electron chi connectivity index (χ0n) is 14.2. The second-order valence-electron chi connectivity index (χ2n) is 5.72. The summed E-state index contributed by atoms with van der Waals surface area (Å²) in [6.45, 7) is 0. The second kappa shape index (κ2) is 7.00. The number of thiazole rings is 1. The lowest BCUT2D eigenvalue weighted by molar-refractivity contribution is -0.384. The summed E-state index contributed by atoms with van der Waals surface area (Å²) in [7, 11) is 1.63. The number of aromatic nitrogens is 3. The minimum Gasteiger partial charge on any atom is -0.497 e. The molecule has 0 saturated carbocycles. The number of nitro benzene ring substituents is 1. The molecule has 0 saturated heterocycles. The highest BCUT2D eigenvalue weighted by molar-refractivity contribution is 7.19. The van der Waals surface area contributed by atoms with Gasteiger partial charge in [-0.05, 0) is 42.5 Å². The summed E-state index contributed by atoms with van der Waals surface area (Å²) in [5, 5.41) is 18.8. The molecule has 0 aliphatic heterocycles. The van der Waals surface area contributed by atoms with Gasteiger partial charge in [0, 0.05) is 23.3 Å². The van der Waals surface area contributed by atoms with Crippen LogP contribution >= 0.6 is 11.3 Å². The number of non-ortho nitro benzene ring substituents is 1. The number of ether oxygens (including phenoxy) is 1. The molecule has 0 spiro atoms. The molecule has 1 N–H and O–H groups in total. The van der Waals surface area contributed by atoms with Gasteiger partial charge < -0.3 is 4.74 Å². The number of nitrogens with one attached hydrogen (secondary N) is 1. The minimum absolute atomic E-state index is 0.0416. The summed E-state index contributed by atoms with van der Waals surface area (Å²) in [6.07, 6.45) is 5.55. The van der Waals surface area contributed by atoms with Crippen molar-refractivity contribution in [1.29, 1.82) is 0 Å². The van der Waals surface area contributed by atoms with Crippen LogP contribution in [0.5, 0.6) is 5.75 Å². The highest BCUT2D eigenvalue weighted by Gasteiger charge is 2.10. The molecular weight excluding hydrogens is 364 g/mol. The Morgan fingerprint density at radius 1 is 1.19 bits per heavy atom. The molecule has 27 heavy (non-hydrogen) atoms. The Morgan fingerprint density at radius 3 is 2.74 bits per heavy atom. The van der Waals surface area contributed by atoms with E-state index in [-0.39, 0.29) is 5.69 Å². The molecule has 0 aliphatic rings. The summed E-state index contributed by atoms with van der Waals surface area (Å²) in [5.41, 5.74) is 3.47. The smallest absolute Gasteiger partial charge is 0.271 e. The number of nitrogens with zero attached hydrogens (tertiary/aromatic N) is 3. The molecule has 0 bridgehead atoms. The number of aromatic amines is 1. The van der Waals surface area contributed by atoms with E-state index in [1.807, 2.05) is 36.4 Å². The van der Waals surface area contributed by atoms with E-state index in [4.69, 9.17) is 4.74 Å². The van der Waals surface area contributed by atoms with Gasteiger partial charge in [-0.15, -0.1) is 11.3 Å². The average Bonchev–Trinajstić information content (AvgIpc) is 3.32. The van der Waals surface area contributed by atoms with E-state index in [1.54, 1.807) is 19.4 Å². The fraction of sp³-hybridized carbons (Fsp3) is 0.0526. The van der Waals surface area contributed by atoms with E-state index in [9.17, 15) is 10.1 Å². The Hall–Kier alpha value is -3.52. The van der Waals surface area contributed by atoms with Crippen molar-refractivity contribution in [3.63, 3.8) is 0 Å². The molecule has 0 aliphatic carbocycles. The number of benzene rings is 2. The summed E-state index contributed by atoms with van der Waals surface area (Å²) in [5.74, 6) is 0.791. The minimum atomic E-state index is -0.416. The first kappa shape index (κ1) is 16.9. The largest absolute Gasteiger partial charge is 0.497 e.